The predicted octanol–water partition coefficient (Wildman–Crippen LogP) is -6.19. The third-order valence-electron chi connectivity index (χ3n) is 0.942. The zero-order chi connectivity index (χ0) is 8.93. The number of tetrazole rings is 2. The minimum Gasteiger partial charge on any atom is -0.412 e. The number of hydrogen-bond acceptors (Lipinski definition) is 8. The van der Waals surface area contributed by atoms with Crippen molar-refractivity contribution >= 4 is 11.9 Å². The van der Waals surface area contributed by atoms with Crippen LogP contribution in [0, 0.1) is 0 Å². The van der Waals surface area contributed by atoms with Crippen LogP contribution in [0.1, 0.15) is 0 Å². The van der Waals surface area contributed by atoms with Crippen LogP contribution in [0.15, 0.2) is 10.3 Å². The number of nitrogens with one attached hydrogen (secondary N) is 2. The topological polar surface area (TPSA) is 207 Å². The average molecular weight is 239 g/mol. The van der Waals surface area contributed by atoms with Crippen LogP contribution in [0.5, 0.6) is 0 Å². The van der Waals surface area contributed by atoms with Crippen molar-refractivity contribution in [3.63, 3.8) is 0 Å². The van der Waals surface area contributed by atoms with Gasteiger partial charge in [0.25, 0.3) is 0 Å². The molecule has 0 aromatic carbocycles. The van der Waals surface area contributed by atoms with E-state index in [4.69, 9.17) is 0 Å². The Balaban J connectivity index is 0. The maximum absolute atomic E-state index is 3.52. The molecule has 2 rings (SSSR count). The summed E-state index contributed by atoms with van der Waals surface area (Å²) in [4.78, 5) is 0. The molecule has 2 aromatic heterocycles. The van der Waals surface area contributed by atoms with Crippen LogP contribution >= 0.6 is 0 Å². The summed E-state index contributed by atoms with van der Waals surface area (Å²) in [5.41, 5.74) is 2.35. The van der Waals surface area contributed by atoms with Gasteiger partial charge in [0.15, 0.2) is 0 Å². The molecule has 6 N–H and O–H groups in total. The minimum absolute atomic E-state index is 0. The number of aromatic nitrogens is 8. The van der Waals surface area contributed by atoms with Crippen LogP contribution in [0.2, 0.25) is 0 Å². The first-order valence-corrected chi connectivity index (χ1v) is 3.04. The normalized spacial score (nSPS) is 8.75. The second-order valence-corrected chi connectivity index (χ2v) is 1.73. The summed E-state index contributed by atoms with van der Waals surface area (Å²) in [7, 11) is 0. The van der Waals surface area contributed by atoms with Gasteiger partial charge in [-0.15, -0.1) is 15.5 Å². The fourth-order valence-electron chi connectivity index (χ4n) is 0.503. The van der Waals surface area contributed by atoms with Gasteiger partial charge in [0.1, 0.15) is 5.95 Å². The van der Waals surface area contributed by atoms with Crippen LogP contribution in [-0.4, -0.2) is 47.1 Å². The van der Waals surface area contributed by atoms with Crippen molar-refractivity contribution in [2.45, 2.75) is 0 Å². The summed E-state index contributed by atoms with van der Waals surface area (Å²) >= 11 is 0. The van der Waals surface area contributed by atoms with Crippen molar-refractivity contribution in [1.29, 1.82) is 0 Å². The standard InChI is InChI=1S/C2H2N11.Na.2H2O/c3(1-5-10-11-6-1)9-4-2-7-12-13-8-2;;;/h(H2-,3,4,5,6,7,8,10,11,12,13);;2*1H2/q-1;+1;;. The maximum Gasteiger partial charge on any atom is 1.00 e. The molecule has 0 aliphatic carbocycles. The molecule has 0 spiro atoms. The monoisotopic (exact) mass is 239 g/mol. The first-order valence-electron chi connectivity index (χ1n) is 3.04. The van der Waals surface area contributed by atoms with Gasteiger partial charge in [-0.25, -0.2) is 5.10 Å². The van der Waals surface area contributed by atoms with Crippen molar-refractivity contribution in [3.8, 4) is 0 Å². The number of H-pyrrole nitrogens is 1. The van der Waals surface area contributed by atoms with E-state index >= 15 is 0 Å². The Morgan fingerprint density at radius 2 is 2.06 bits per heavy atom. The van der Waals surface area contributed by atoms with E-state index in [1.54, 1.807) is 0 Å². The molecule has 2 heterocycles. The molecule has 2 aromatic rings. The number of anilines is 1. The van der Waals surface area contributed by atoms with Crippen LogP contribution in [0.3, 0.4) is 0 Å². The van der Waals surface area contributed by atoms with Gasteiger partial charge in [0, 0.05) is 0 Å². The molecule has 14 heteroatoms. The van der Waals surface area contributed by atoms with Gasteiger partial charge in [-0.2, -0.15) is 10.4 Å². The first-order chi connectivity index (χ1) is 6.45. The number of rotatable bonds is 3. The van der Waals surface area contributed by atoms with Crippen molar-refractivity contribution in [3.05, 3.63) is 0 Å². The van der Waals surface area contributed by atoms with Gasteiger partial charge in [-0.1, -0.05) is 10.2 Å². The molecule has 0 atom stereocenters. The predicted molar refractivity (Wildman–Crippen MR) is 42.7 cm³/mol. The van der Waals surface area contributed by atoms with E-state index in [1.165, 1.54) is 0 Å². The Hall–Kier alpha value is -1.54. The Kier molecular flexibility index (Phi) is 9.22. The molecule has 0 fully saturated rings. The smallest absolute Gasteiger partial charge is 0.412 e. The van der Waals surface area contributed by atoms with E-state index in [0.717, 1.165) is 0 Å². The van der Waals surface area contributed by atoms with E-state index in [0.29, 0.717) is 0 Å². The maximum atomic E-state index is 3.52. The zero-order valence-corrected chi connectivity index (χ0v) is 10.0. The Bertz CT molecular complexity index is 369. The molecule has 0 saturated carbocycles. The Morgan fingerprint density at radius 1 is 1.25 bits per heavy atom. The van der Waals surface area contributed by atoms with Crippen LogP contribution in [0.4, 0.5) is 11.9 Å². The molecule has 13 nitrogen and oxygen atoms in total. The summed E-state index contributed by atoms with van der Waals surface area (Å²) in [6.45, 7) is 0. The van der Waals surface area contributed by atoms with Gasteiger partial charge in [-0.05, 0) is 5.21 Å². The third kappa shape index (κ3) is 4.80. The molecular formula is C2H6N11NaO2. The largest absolute Gasteiger partial charge is 1.00 e. The Labute approximate surface area is 109 Å². The molecule has 16 heavy (non-hydrogen) atoms. The fraction of sp³-hybridized carbons (Fsp3) is 0. The first kappa shape index (κ1) is 16.9. The van der Waals surface area contributed by atoms with Gasteiger partial charge in [0.05, 0.1) is 0 Å². The number of hydrogen-bond donors (Lipinski definition) is 2. The molecule has 0 bridgehead atoms. The van der Waals surface area contributed by atoms with E-state index < -0.39 is 0 Å². The van der Waals surface area contributed by atoms with E-state index in [-0.39, 0.29) is 52.4 Å². The SMILES string of the molecule is N(=N\c1nn[nH]n1)/Nc1nnn[n-]1.O.O.[Na+]. The second-order valence-electron chi connectivity index (χ2n) is 1.73. The molecule has 0 aliphatic heterocycles. The van der Waals surface area contributed by atoms with Crippen molar-refractivity contribution in [1.82, 2.24) is 41.2 Å². The van der Waals surface area contributed by atoms with Crippen molar-refractivity contribution in [2.75, 3.05) is 5.43 Å². The molecule has 0 unspecified atom stereocenters. The molecule has 0 saturated heterocycles. The quantitative estimate of drug-likeness (QED) is 0.298. The van der Waals surface area contributed by atoms with E-state index in [2.05, 4.69) is 57.0 Å². The van der Waals surface area contributed by atoms with Crippen LogP contribution < -0.4 is 40.1 Å². The van der Waals surface area contributed by atoms with Crippen LogP contribution in [-0.2, 0) is 0 Å². The van der Waals surface area contributed by atoms with Crippen LogP contribution in [0.25, 0.3) is 0 Å². The molecular weight excluding hydrogens is 233 g/mol. The summed E-state index contributed by atoms with van der Waals surface area (Å²) in [6.07, 6.45) is 0. The van der Waals surface area contributed by atoms with Gasteiger partial charge >= 0.3 is 35.5 Å². The number of nitrogens with zero attached hydrogens (tertiary/aromatic N) is 9. The van der Waals surface area contributed by atoms with E-state index in [9.17, 15) is 0 Å². The molecule has 0 amide bonds. The number of aromatic amines is 1. The third-order valence-corrected chi connectivity index (χ3v) is 0.942. The molecule has 0 aliphatic rings. The van der Waals surface area contributed by atoms with E-state index in [1.807, 2.05) is 0 Å². The molecule has 0 radical (unpaired) electrons. The minimum atomic E-state index is 0. The average Bonchev–Trinajstić information content (AvgIpc) is 2.75. The Morgan fingerprint density at radius 3 is 2.62 bits per heavy atom. The summed E-state index contributed by atoms with van der Waals surface area (Å²) in [5.74, 6) is 0.243. The fourth-order valence-corrected chi connectivity index (χ4v) is 0.503. The summed E-state index contributed by atoms with van der Waals surface area (Å²) < 4.78 is 0. The zero-order valence-electron chi connectivity index (χ0n) is 8.02. The van der Waals surface area contributed by atoms with Crippen molar-refractivity contribution in [2.24, 2.45) is 10.3 Å². The van der Waals surface area contributed by atoms with Crippen molar-refractivity contribution < 1.29 is 40.5 Å². The van der Waals surface area contributed by atoms with Gasteiger partial charge in [-0.3, -0.25) is 10.5 Å². The second kappa shape index (κ2) is 8.74. The van der Waals surface area contributed by atoms with Gasteiger partial charge in [0.2, 0.25) is 0 Å². The summed E-state index contributed by atoms with van der Waals surface area (Å²) in [6, 6.07) is 0. The van der Waals surface area contributed by atoms with Gasteiger partial charge < -0.3 is 11.0 Å². The summed E-state index contributed by atoms with van der Waals surface area (Å²) in [5, 5.41) is 32.7. The molecule has 82 valence electrons.